The molecule has 2 aromatic carbocycles. The Morgan fingerprint density at radius 2 is 1.75 bits per heavy atom. The number of hydrogen-bond acceptors (Lipinski definition) is 6. The van der Waals surface area contributed by atoms with E-state index in [0.29, 0.717) is 18.8 Å². The minimum atomic E-state index is -3.91. The van der Waals surface area contributed by atoms with E-state index in [0.717, 1.165) is 19.6 Å². The second kappa shape index (κ2) is 9.41. The number of nitrogens with two attached hydrogens (primary N) is 1. The van der Waals surface area contributed by atoms with Crippen molar-refractivity contribution in [2.24, 2.45) is 5.14 Å². The van der Waals surface area contributed by atoms with Gasteiger partial charge in [0.15, 0.2) is 0 Å². The Bertz CT molecular complexity index is 1200. The zero-order valence-corrected chi connectivity index (χ0v) is 19.4. The molecule has 2 N–H and O–H groups in total. The van der Waals surface area contributed by atoms with Crippen LogP contribution in [0.1, 0.15) is 15.2 Å². The average molecular weight is 472 g/mol. The van der Waals surface area contributed by atoms with E-state index in [9.17, 15) is 13.2 Å². The van der Waals surface area contributed by atoms with Crippen LogP contribution in [0.2, 0.25) is 0 Å². The van der Waals surface area contributed by atoms with Crippen LogP contribution in [-0.2, 0) is 16.6 Å². The van der Waals surface area contributed by atoms with E-state index in [2.05, 4.69) is 29.2 Å². The highest BCUT2D eigenvalue weighted by atomic mass is 32.2. The van der Waals surface area contributed by atoms with Crippen molar-refractivity contribution in [3.05, 3.63) is 71.1 Å². The third-order valence-corrected chi connectivity index (χ3v) is 7.52. The molecule has 0 unspecified atom stereocenters. The van der Waals surface area contributed by atoms with Gasteiger partial charge < -0.3 is 9.64 Å². The monoisotopic (exact) mass is 471 g/mol. The van der Waals surface area contributed by atoms with Gasteiger partial charge >= 0.3 is 0 Å². The third-order valence-electron chi connectivity index (χ3n) is 5.49. The summed E-state index contributed by atoms with van der Waals surface area (Å²) in [5.74, 6) is 0.0753. The fourth-order valence-corrected chi connectivity index (χ4v) is 5.35. The molecule has 0 aliphatic carbocycles. The molecule has 1 aromatic heterocycles. The molecule has 7 nitrogen and oxygen atoms in total. The first-order valence-electron chi connectivity index (χ1n) is 10.2. The molecule has 1 amide bonds. The van der Waals surface area contributed by atoms with Crippen LogP contribution in [0.5, 0.6) is 5.75 Å². The SMILES string of the molecule is COc1ccc(S(N)(=O)=O)cc1C(=O)N1CCN(Cc2ccc(-c3ccccc3)s2)CC1. The second-order valence-electron chi connectivity index (χ2n) is 7.61. The molecule has 4 rings (SSSR count). The van der Waals surface area contributed by atoms with Crippen LogP contribution < -0.4 is 9.88 Å². The number of nitrogens with zero attached hydrogens (tertiary/aromatic N) is 2. The molecule has 9 heteroatoms. The Morgan fingerprint density at radius 3 is 2.41 bits per heavy atom. The molecular weight excluding hydrogens is 446 g/mol. The van der Waals surface area contributed by atoms with Crippen molar-refractivity contribution in [3.8, 4) is 16.2 Å². The van der Waals surface area contributed by atoms with E-state index in [1.54, 1.807) is 16.2 Å². The summed E-state index contributed by atoms with van der Waals surface area (Å²) in [5.41, 5.74) is 1.42. The van der Waals surface area contributed by atoms with E-state index >= 15 is 0 Å². The average Bonchev–Trinajstić information content (AvgIpc) is 3.27. The lowest BCUT2D eigenvalue weighted by molar-refractivity contribution is 0.0626. The number of methoxy groups -OCH3 is 1. The molecule has 168 valence electrons. The zero-order chi connectivity index (χ0) is 22.7. The quantitative estimate of drug-likeness (QED) is 0.597. The summed E-state index contributed by atoms with van der Waals surface area (Å²) in [6.45, 7) is 3.42. The van der Waals surface area contributed by atoms with Gasteiger partial charge in [-0.25, -0.2) is 13.6 Å². The first-order chi connectivity index (χ1) is 15.3. The maximum Gasteiger partial charge on any atom is 0.257 e. The van der Waals surface area contributed by atoms with Crippen LogP contribution >= 0.6 is 11.3 Å². The largest absolute Gasteiger partial charge is 0.496 e. The van der Waals surface area contributed by atoms with Gasteiger partial charge in [0, 0.05) is 42.5 Å². The van der Waals surface area contributed by atoms with Gasteiger partial charge in [-0.15, -0.1) is 11.3 Å². The molecular formula is C23H25N3O4S2. The molecule has 1 aliphatic heterocycles. The number of rotatable bonds is 6. The number of primary sulfonamides is 1. The van der Waals surface area contributed by atoms with E-state index in [-0.39, 0.29) is 16.4 Å². The lowest BCUT2D eigenvalue weighted by Crippen LogP contribution is -2.48. The van der Waals surface area contributed by atoms with Gasteiger partial charge in [-0.1, -0.05) is 30.3 Å². The van der Waals surface area contributed by atoms with Gasteiger partial charge in [0.2, 0.25) is 10.0 Å². The molecule has 0 saturated carbocycles. The van der Waals surface area contributed by atoms with Gasteiger partial charge in [0.1, 0.15) is 5.75 Å². The third kappa shape index (κ3) is 5.02. The smallest absolute Gasteiger partial charge is 0.257 e. The van der Waals surface area contributed by atoms with Gasteiger partial charge in [0.25, 0.3) is 5.91 Å². The Morgan fingerprint density at radius 1 is 1.03 bits per heavy atom. The first-order valence-corrected chi connectivity index (χ1v) is 12.6. The van der Waals surface area contributed by atoms with Crippen LogP contribution in [0.15, 0.2) is 65.6 Å². The summed E-state index contributed by atoms with van der Waals surface area (Å²) in [6, 6.07) is 18.7. The molecule has 3 aromatic rings. The number of sulfonamides is 1. The summed E-state index contributed by atoms with van der Waals surface area (Å²) >= 11 is 1.78. The van der Waals surface area contributed by atoms with E-state index < -0.39 is 10.0 Å². The van der Waals surface area contributed by atoms with Crippen LogP contribution in [-0.4, -0.2) is 57.4 Å². The fraction of sp³-hybridized carbons (Fsp3) is 0.261. The lowest BCUT2D eigenvalue weighted by Gasteiger charge is -2.34. The summed E-state index contributed by atoms with van der Waals surface area (Å²) in [4.78, 5) is 19.6. The Hall–Kier alpha value is -2.72. The highest BCUT2D eigenvalue weighted by Crippen LogP contribution is 2.29. The first kappa shape index (κ1) is 22.5. The van der Waals surface area contributed by atoms with Crippen LogP contribution in [0.4, 0.5) is 0 Å². The summed E-state index contributed by atoms with van der Waals surface area (Å²) in [6.07, 6.45) is 0. The van der Waals surface area contributed by atoms with Crippen molar-refractivity contribution in [1.29, 1.82) is 0 Å². The molecule has 0 atom stereocenters. The maximum absolute atomic E-state index is 13.1. The molecule has 0 spiro atoms. The minimum absolute atomic E-state index is 0.104. The predicted molar refractivity (Wildman–Crippen MR) is 125 cm³/mol. The highest BCUT2D eigenvalue weighted by Gasteiger charge is 2.26. The van der Waals surface area contributed by atoms with E-state index in [1.165, 1.54) is 40.6 Å². The molecule has 0 radical (unpaired) electrons. The number of benzene rings is 2. The van der Waals surface area contributed by atoms with Gasteiger partial charge in [0.05, 0.1) is 17.6 Å². The molecule has 1 aliphatic rings. The maximum atomic E-state index is 13.1. The van der Waals surface area contributed by atoms with Crippen molar-refractivity contribution < 1.29 is 17.9 Å². The lowest BCUT2D eigenvalue weighted by atomic mass is 10.1. The standard InChI is InChI=1S/C23H25N3O4S2/c1-30-21-9-8-19(32(24,28)29)15-20(21)23(27)26-13-11-25(12-14-26)16-18-7-10-22(31-18)17-5-3-2-4-6-17/h2-10,15H,11-14,16H2,1H3,(H2,24,28,29). The molecule has 32 heavy (non-hydrogen) atoms. The zero-order valence-electron chi connectivity index (χ0n) is 17.7. The number of carbonyl (C=O) groups is 1. The number of amides is 1. The van der Waals surface area contributed by atoms with Gasteiger partial charge in [-0.05, 0) is 35.9 Å². The number of carbonyl (C=O) groups excluding carboxylic acids is 1. The summed E-state index contributed by atoms with van der Waals surface area (Å²) in [7, 11) is -2.46. The molecule has 0 bridgehead atoms. The minimum Gasteiger partial charge on any atom is -0.496 e. The molecule has 2 heterocycles. The molecule has 1 fully saturated rings. The van der Waals surface area contributed by atoms with Gasteiger partial charge in [-0.3, -0.25) is 9.69 Å². The second-order valence-corrected chi connectivity index (χ2v) is 10.3. The number of hydrogen-bond donors (Lipinski definition) is 1. The summed E-state index contributed by atoms with van der Waals surface area (Å²) in [5, 5.41) is 5.23. The van der Waals surface area contributed by atoms with Crippen molar-refractivity contribution in [1.82, 2.24) is 9.80 Å². The predicted octanol–water partition coefficient (Wildman–Crippen LogP) is 3.03. The molecule has 1 saturated heterocycles. The highest BCUT2D eigenvalue weighted by molar-refractivity contribution is 7.89. The van der Waals surface area contributed by atoms with Crippen molar-refractivity contribution in [2.75, 3.05) is 33.3 Å². The van der Waals surface area contributed by atoms with Crippen molar-refractivity contribution >= 4 is 27.3 Å². The van der Waals surface area contributed by atoms with Crippen molar-refractivity contribution in [2.45, 2.75) is 11.4 Å². The van der Waals surface area contributed by atoms with Crippen molar-refractivity contribution in [3.63, 3.8) is 0 Å². The van der Waals surface area contributed by atoms with E-state index in [4.69, 9.17) is 9.88 Å². The van der Waals surface area contributed by atoms with Crippen LogP contribution in [0, 0.1) is 0 Å². The number of ether oxygens (including phenoxy) is 1. The number of piperazine rings is 1. The topological polar surface area (TPSA) is 92.9 Å². The Labute approximate surface area is 192 Å². The van der Waals surface area contributed by atoms with Crippen LogP contribution in [0.25, 0.3) is 10.4 Å². The number of thiophene rings is 1. The summed E-state index contributed by atoms with van der Waals surface area (Å²) < 4.78 is 28.7. The van der Waals surface area contributed by atoms with Crippen LogP contribution in [0.3, 0.4) is 0 Å². The normalized spacial score (nSPS) is 15.0. The Balaban J connectivity index is 1.40. The fourth-order valence-electron chi connectivity index (χ4n) is 3.75. The van der Waals surface area contributed by atoms with Gasteiger partial charge in [-0.2, -0.15) is 0 Å². The Kier molecular flexibility index (Phi) is 6.61. The van der Waals surface area contributed by atoms with E-state index in [1.807, 2.05) is 18.2 Å².